The van der Waals surface area contributed by atoms with E-state index in [4.69, 9.17) is 0 Å². The van der Waals surface area contributed by atoms with Crippen LogP contribution in [0, 0.1) is 5.92 Å². The molecule has 1 fully saturated rings. The highest BCUT2D eigenvalue weighted by molar-refractivity contribution is 4.85. The van der Waals surface area contributed by atoms with Crippen molar-refractivity contribution in [1.82, 2.24) is 10.2 Å². The fraction of sp³-hybridized carbons (Fsp3) is 1.00. The summed E-state index contributed by atoms with van der Waals surface area (Å²) in [5.41, 5.74) is 0. The molecule has 1 N–H and O–H groups in total. The van der Waals surface area contributed by atoms with Crippen LogP contribution in [0.5, 0.6) is 0 Å². The molecule has 0 spiro atoms. The lowest BCUT2D eigenvalue weighted by Gasteiger charge is -2.31. The van der Waals surface area contributed by atoms with E-state index in [9.17, 15) is 0 Å². The van der Waals surface area contributed by atoms with Gasteiger partial charge in [0, 0.05) is 6.04 Å². The molecule has 0 aromatic carbocycles. The van der Waals surface area contributed by atoms with Crippen LogP contribution in [0.4, 0.5) is 0 Å². The van der Waals surface area contributed by atoms with E-state index in [2.05, 4.69) is 31.1 Å². The van der Waals surface area contributed by atoms with Crippen LogP contribution in [0.1, 0.15) is 33.1 Å². The van der Waals surface area contributed by atoms with Gasteiger partial charge in [0.1, 0.15) is 0 Å². The third kappa shape index (κ3) is 2.68. The Kier molecular flexibility index (Phi) is 4.74. The van der Waals surface area contributed by atoms with Gasteiger partial charge in [0.25, 0.3) is 0 Å². The van der Waals surface area contributed by atoms with Crippen LogP contribution >= 0.6 is 0 Å². The molecule has 78 valence electrons. The average molecular weight is 184 g/mol. The lowest BCUT2D eigenvalue weighted by atomic mass is 10.0. The van der Waals surface area contributed by atoms with Crippen LogP contribution in [0.15, 0.2) is 0 Å². The van der Waals surface area contributed by atoms with E-state index in [0.29, 0.717) is 0 Å². The number of hydrogen-bond acceptors (Lipinski definition) is 2. The zero-order chi connectivity index (χ0) is 9.68. The van der Waals surface area contributed by atoms with Crippen molar-refractivity contribution >= 4 is 0 Å². The summed E-state index contributed by atoms with van der Waals surface area (Å²) in [5.74, 6) is 0.893. The van der Waals surface area contributed by atoms with Gasteiger partial charge in [0.05, 0.1) is 0 Å². The fourth-order valence-electron chi connectivity index (χ4n) is 2.69. The number of nitrogens with zero attached hydrogens (tertiary/aromatic N) is 1. The molecule has 0 amide bonds. The van der Waals surface area contributed by atoms with Crippen molar-refractivity contribution < 1.29 is 0 Å². The third-order valence-electron chi connectivity index (χ3n) is 3.37. The average Bonchev–Trinajstić information content (AvgIpc) is 2.57. The summed E-state index contributed by atoms with van der Waals surface area (Å²) in [7, 11) is 2.07. The Morgan fingerprint density at radius 2 is 1.92 bits per heavy atom. The highest BCUT2D eigenvalue weighted by Crippen LogP contribution is 2.29. The number of nitrogens with one attached hydrogen (secondary N) is 1. The van der Waals surface area contributed by atoms with Gasteiger partial charge in [-0.3, -0.25) is 0 Å². The molecule has 0 aromatic heterocycles. The van der Waals surface area contributed by atoms with Crippen LogP contribution in [0.25, 0.3) is 0 Å². The van der Waals surface area contributed by atoms with Gasteiger partial charge in [0.2, 0.25) is 0 Å². The van der Waals surface area contributed by atoms with Gasteiger partial charge in [-0.05, 0) is 45.4 Å². The van der Waals surface area contributed by atoms with Crippen LogP contribution in [0.3, 0.4) is 0 Å². The van der Waals surface area contributed by atoms with E-state index in [1.54, 1.807) is 0 Å². The molecule has 2 nitrogen and oxygen atoms in total. The Labute approximate surface area is 82.7 Å². The van der Waals surface area contributed by atoms with E-state index >= 15 is 0 Å². The van der Waals surface area contributed by atoms with E-state index in [0.717, 1.165) is 12.0 Å². The monoisotopic (exact) mass is 184 g/mol. The van der Waals surface area contributed by atoms with E-state index in [-0.39, 0.29) is 0 Å². The molecule has 0 aromatic rings. The highest BCUT2D eigenvalue weighted by Gasteiger charge is 2.29. The van der Waals surface area contributed by atoms with Gasteiger partial charge < -0.3 is 10.2 Å². The molecule has 2 heteroatoms. The Bertz CT molecular complexity index is 132. The third-order valence-corrected chi connectivity index (χ3v) is 3.37. The minimum absolute atomic E-state index is 0.849. The Balaban J connectivity index is 2.45. The summed E-state index contributed by atoms with van der Waals surface area (Å²) in [5, 5.41) is 3.32. The molecule has 2 atom stereocenters. The van der Waals surface area contributed by atoms with Crippen molar-refractivity contribution in [2.24, 2.45) is 5.92 Å². The van der Waals surface area contributed by atoms with E-state index < -0.39 is 0 Å². The Morgan fingerprint density at radius 3 is 2.46 bits per heavy atom. The molecule has 2 unspecified atom stereocenters. The quantitative estimate of drug-likeness (QED) is 0.700. The first kappa shape index (κ1) is 11.0. The second-order valence-corrected chi connectivity index (χ2v) is 4.04. The van der Waals surface area contributed by atoms with Crippen molar-refractivity contribution in [2.45, 2.75) is 39.2 Å². The molecule has 0 aliphatic heterocycles. The molecule has 0 heterocycles. The highest BCUT2D eigenvalue weighted by atomic mass is 15.2. The first-order valence-electron chi connectivity index (χ1n) is 5.72. The maximum absolute atomic E-state index is 3.32. The van der Waals surface area contributed by atoms with Crippen molar-refractivity contribution in [3.8, 4) is 0 Å². The number of rotatable bonds is 5. The maximum Gasteiger partial charge on any atom is 0.0135 e. The predicted octanol–water partition coefficient (Wildman–Crippen LogP) is 1.72. The standard InChI is InChI=1S/C11H24N2/c1-4-13(5-2)11-8-6-7-10(11)9-12-3/h10-12H,4-9H2,1-3H3. The van der Waals surface area contributed by atoms with Gasteiger partial charge in [-0.1, -0.05) is 20.3 Å². The lowest BCUT2D eigenvalue weighted by molar-refractivity contribution is 0.175. The van der Waals surface area contributed by atoms with Gasteiger partial charge in [-0.2, -0.15) is 0 Å². The first-order chi connectivity index (χ1) is 6.33. The molecule has 1 aliphatic carbocycles. The van der Waals surface area contributed by atoms with Crippen molar-refractivity contribution in [2.75, 3.05) is 26.7 Å². The summed E-state index contributed by atoms with van der Waals surface area (Å²) in [6.45, 7) is 8.17. The molecule has 1 aliphatic rings. The normalized spacial score (nSPS) is 28.6. The summed E-state index contributed by atoms with van der Waals surface area (Å²) < 4.78 is 0. The lowest BCUT2D eigenvalue weighted by Crippen LogP contribution is -2.40. The fourth-order valence-corrected chi connectivity index (χ4v) is 2.69. The predicted molar refractivity (Wildman–Crippen MR) is 58.0 cm³/mol. The second kappa shape index (κ2) is 5.61. The van der Waals surface area contributed by atoms with Gasteiger partial charge in [0.15, 0.2) is 0 Å². The summed E-state index contributed by atoms with van der Waals surface area (Å²) >= 11 is 0. The van der Waals surface area contributed by atoms with Crippen LogP contribution in [-0.4, -0.2) is 37.6 Å². The Hall–Kier alpha value is -0.0800. The summed E-state index contributed by atoms with van der Waals surface area (Å²) in [6, 6.07) is 0.849. The smallest absolute Gasteiger partial charge is 0.0135 e. The van der Waals surface area contributed by atoms with Crippen molar-refractivity contribution in [1.29, 1.82) is 0 Å². The Morgan fingerprint density at radius 1 is 1.23 bits per heavy atom. The summed E-state index contributed by atoms with van der Waals surface area (Å²) in [6.07, 6.45) is 4.25. The minimum atomic E-state index is 0.849. The number of hydrogen-bond donors (Lipinski definition) is 1. The van der Waals surface area contributed by atoms with Crippen LogP contribution in [-0.2, 0) is 0 Å². The van der Waals surface area contributed by atoms with Crippen molar-refractivity contribution in [3.63, 3.8) is 0 Å². The van der Waals surface area contributed by atoms with Crippen LogP contribution < -0.4 is 5.32 Å². The topological polar surface area (TPSA) is 15.3 Å². The molecular formula is C11H24N2. The minimum Gasteiger partial charge on any atom is -0.319 e. The molecular weight excluding hydrogens is 160 g/mol. The van der Waals surface area contributed by atoms with Crippen molar-refractivity contribution in [3.05, 3.63) is 0 Å². The zero-order valence-electron chi connectivity index (χ0n) is 9.34. The zero-order valence-corrected chi connectivity index (χ0v) is 9.34. The molecule has 1 saturated carbocycles. The van der Waals surface area contributed by atoms with Crippen LogP contribution in [0.2, 0.25) is 0 Å². The first-order valence-corrected chi connectivity index (χ1v) is 5.72. The van der Waals surface area contributed by atoms with Gasteiger partial charge in [-0.25, -0.2) is 0 Å². The molecule has 13 heavy (non-hydrogen) atoms. The molecule has 1 rings (SSSR count). The summed E-state index contributed by atoms with van der Waals surface area (Å²) in [4.78, 5) is 2.62. The van der Waals surface area contributed by atoms with E-state index in [1.165, 1.54) is 38.9 Å². The molecule has 0 radical (unpaired) electrons. The largest absolute Gasteiger partial charge is 0.319 e. The SMILES string of the molecule is CCN(CC)C1CCCC1CNC. The van der Waals surface area contributed by atoms with Gasteiger partial charge in [-0.15, -0.1) is 0 Å². The maximum atomic E-state index is 3.32. The molecule has 0 bridgehead atoms. The second-order valence-electron chi connectivity index (χ2n) is 4.04. The van der Waals surface area contributed by atoms with Gasteiger partial charge >= 0.3 is 0 Å². The molecule has 0 saturated heterocycles. The van der Waals surface area contributed by atoms with E-state index in [1.807, 2.05) is 0 Å².